The zero-order valence-corrected chi connectivity index (χ0v) is 10.5. The number of nitrogens with zero attached hydrogens (tertiary/aromatic N) is 1. The highest BCUT2D eigenvalue weighted by Gasteiger charge is 2.31. The summed E-state index contributed by atoms with van der Waals surface area (Å²) in [5.74, 6) is 0.509. The first-order valence-corrected chi connectivity index (χ1v) is 6.70. The number of aromatic nitrogens is 1. The van der Waals surface area contributed by atoms with Gasteiger partial charge in [-0.15, -0.1) is 0 Å². The van der Waals surface area contributed by atoms with Gasteiger partial charge in [0.25, 0.3) is 0 Å². The average molecular weight is 241 g/mol. The Bertz CT molecular complexity index is 499. The summed E-state index contributed by atoms with van der Waals surface area (Å²) in [4.78, 5) is 0. The predicted molar refractivity (Wildman–Crippen MR) is 72.3 cm³/mol. The van der Waals surface area contributed by atoms with Crippen LogP contribution in [-0.2, 0) is 13.0 Å². The van der Waals surface area contributed by atoms with Crippen LogP contribution in [-0.4, -0.2) is 9.67 Å². The second kappa shape index (κ2) is 4.99. The summed E-state index contributed by atoms with van der Waals surface area (Å²) in [5.41, 5.74) is 2.43. The molecule has 94 valence electrons. The molecule has 0 radical (unpaired) electrons. The Morgan fingerprint density at radius 2 is 1.94 bits per heavy atom. The molecule has 0 spiro atoms. The molecule has 0 amide bonds. The number of hydrogen-bond donors (Lipinski definition) is 1. The molecule has 1 aromatic carbocycles. The van der Waals surface area contributed by atoms with E-state index in [-0.39, 0.29) is 6.10 Å². The van der Waals surface area contributed by atoms with Crippen molar-refractivity contribution < 1.29 is 5.11 Å². The van der Waals surface area contributed by atoms with Gasteiger partial charge in [-0.2, -0.15) is 0 Å². The number of rotatable bonds is 5. The maximum absolute atomic E-state index is 10.0. The number of benzene rings is 1. The van der Waals surface area contributed by atoms with E-state index in [9.17, 15) is 5.11 Å². The molecule has 1 N–H and O–H groups in total. The SMILES string of the molecule is OC(c1ccn(CCc2ccccc2)c1)C1CC1. The quantitative estimate of drug-likeness (QED) is 0.854. The monoisotopic (exact) mass is 241 g/mol. The summed E-state index contributed by atoms with van der Waals surface area (Å²) in [5, 5.41) is 10.0. The van der Waals surface area contributed by atoms with Gasteiger partial charge in [0.2, 0.25) is 0 Å². The molecule has 1 aliphatic carbocycles. The van der Waals surface area contributed by atoms with Crippen LogP contribution in [0.3, 0.4) is 0 Å². The molecule has 0 aliphatic heterocycles. The van der Waals surface area contributed by atoms with Crippen molar-refractivity contribution >= 4 is 0 Å². The average Bonchev–Trinajstić information content (AvgIpc) is 3.15. The van der Waals surface area contributed by atoms with E-state index < -0.39 is 0 Å². The Morgan fingerprint density at radius 1 is 1.17 bits per heavy atom. The van der Waals surface area contributed by atoms with E-state index in [0.717, 1.165) is 18.5 Å². The van der Waals surface area contributed by atoms with E-state index in [0.29, 0.717) is 5.92 Å². The molecule has 1 atom stereocenters. The van der Waals surface area contributed by atoms with Crippen molar-refractivity contribution in [3.8, 4) is 0 Å². The molecule has 2 nitrogen and oxygen atoms in total. The standard InChI is InChI=1S/C16H19NO/c18-16(14-6-7-14)15-9-11-17(12-15)10-8-13-4-2-1-3-5-13/h1-5,9,11-12,14,16,18H,6-8,10H2. The van der Waals surface area contributed by atoms with Crippen LogP contribution in [0, 0.1) is 5.92 Å². The third-order valence-corrected chi connectivity index (χ3v) is 3.68. The zero-order valence-electron chi connectivity index (χ0n) is 10.5. The largest absolute Gasteiger partial charge is 0.388 e. The second-order valence-electron chi connectivity index (χ2n) is 5.20. The van der Waals surface area contributed by atoms with E-state index in [1.165, 1.54) is 18.4 Å². The molecule has 1 aliphatic rings. The van der Waals surface area contributed by atoms with Crippen molar-refractivity contribution in [2.75, 3.05) is 0 Å². The Labute approximate surface area is 108 Å². The van der Waals surface area contributed by atoms with Crippen molar-refractivity contribution in [1.29, 1.82) is 0 Å². The van der Waals surface area contributed by atoms with Crippen molar-refractivity contribution in [2.24, 2.45) is 5.92 Å². The van der Waals surface area contributed by atoms with Crippen molar-refractivity contribution in [3.63, 3.8) is 0 Å². The first-order chi connectivity index (χ1) is 8.83. The molecule has 1 fully saturated rings. The third-order valence-electron chi connectivity index (χ3n) is 3.68. The molecule has 2 aromatic rings. The fourth-order valence-corrected chi connectivity index (χ4v) is 2.36. The first kappa shape index (κ1) is 11.5. The van der Waals surface area contributed by atoms with Gasteiger partial charge in [0.1, 0.15) is 0 Å². The topological polar surface area (TPSA) is 25.2 Å². The van der Waals surface area contributed by atoms with Gasteiger partial charge < -0.3 is 9.67 Å². The minimum atomic E-state index is -0.247. The number of hydrogen-bond acceptors (Lipinski definition) is 1. The van der Waals surface area contributed by atoms with Crippen LogP contribution in [0.4, 0.5) is 0 Å². The van der Waals surface area contributed by atoms with Crippen LogP contribution in [0.25, 0.3) is 0 Å². The third kappa shape index (κ3) is 2.65. The molecule has 18 heavy (non-hydrogen) atoms. The first-order valence-electron chi connectivity index (χ1n) is 6.70. The molecule has 1 aromatic heterocycles. The lowest BCUT2D eigenvalue weighted by Gasteiger charge is -2.06. The highest BCUT2D eigenvalue weighted by Crippen LogP contribution is 2.40. The zero-order chi connectivity index (χ0) is 12.4. The second-order valence-corrected chi connectivity index (χ2v) is 5.20. The highest BCUT2D eigenvalue weighted by molar-refractivity contribution is 5.17. The smallest absolute Gasteiger partial charge is 0.0832 e. The summed E-state index contributed by atoms with van der Waals surface area (Å²) in [6, 6.07) is 12.6. The lowest BCUT2D eigenvalue weighted by Crippen LogP contribution is -2.00. The van der Waals surface area contributed by atoms with Crippen LogP contribution in [0.1, 0.15) is 30.1 Å². The van der Waals surface area contributed by atoms with E-state index >= 15 is 0 Å². The molecule has 1 unspecified atom stereocenters. The molecule has 1 heterocycles. The lowest BCUT2D eigenvalue weighted by atomic mass is 10.1. The van der Waals surface area contributed by atoms with Crippen LogP contribution < -0.4 is 0 Å². The van der Waals surface area contributed by atoms with Gasteiger partial charge in [-0.1, -0.05) is 30.3 Å². The molecule has 1 saturated carbocycles. The number of aliphatic hydroxyl groups excluding tert-OH is 1. The van der Waals surface area contributed by atoms with Gasteiger partial charge in [-0.05, 0) is 42.4 Å². The Hall–Kier alpha value is -1.54. The normalized spacial score (nSPS) is 16.7. The minimum Gasteiger partial charge on any atom is -0.388 e. The minimum absolute atomic E-state index is 0.247. The molecule has 0 saturated heterocycles. The predicted octanol–water partition coefficient (Wildman–Crippen LogP) is 3.17. The van der Waals surface area contributed by atoms with E-state index in [4.69, 9.17) is 0 Å². The van der Waals surface area contributed by atoms with Crippen LogP contribution in [0.15, 0.2) is 48.8 Å². The van der Waals surface area contributed by atoms with Crippen LogP contribution >= 0.6 is 0 Å². The van der Waals surface area contributed by atoms with Gasteiger partial charge in [0.15, 0.2) is 0 Å². The van der Waals surface area contributed by atoms with Gasteiger partial charge in [0, 0.05) is 18.9 Å². The van der Waals surface area contributed by atoms with Crippen LogP contribution in [0.5, 0.6) is 0 Å². The summed E-state index contributed by atoms with van der Waals surface area (Å²) in [6.07, 6.45) is 7.31. The molecule has 0 bridgehead atoms. The van der Waals surface area contributed by atoms with E-state index in [2.05, 4.69) is 41.2 Å². The lowest BCUT2D eigenvalue weighted by molar-refractivity contribution is 0.154. The Morgan fingerprint density at radius 3 is 2.67 bits per heavy atom. The maximum atomic E-state index is 10.0. The fourth-order valence-electron chi connectivity index (χ4n) is 2.36. The van der Waals surface area contributed by atoms with Crippen molar-refractivity contribution in [3.05, 3.63) is 59.9 Å². The number of aryl methyl sites for hydroxylation is 2. The van der Waals surface area contributed by atoms with Crippen LogP contribution in [0.2, 0.25) is 0 Å². The number of aliphatic hydroxyl groups is 1. The van der Waals surface area contributed by atoms with Gasteiger partial charge in [-0.25, -0.2) is 0 Å². The van der Waals surface area contributed by atoms with Gasteiger partial charge in [0.05, 0.1) is 6.10 Å². The molecule has 3 rings (SSSR count). The highest BCUT2D eigenvalue weighted by atomic mass is 16.3. The van der Waals surface area contributed by atoms with E-state index in [1.807, 2.05) is 12.1 Å². The molecular formula is C16H19NO. The van der Waals surface area contributed by atoms with E-state index in [1.54, 1.807) is 0 Å². The molecular weight excluding hydrogens is 222 g/mol. The van der Waals surface area contributed by atoms with Gasteiger partial charge in [-0.3, -0.25) is 0 Å². The van der Waals surface area contributed by atoms with Gasteiger partial charge >= 0.3 is 0 Å². The fraction of sp³-hybridized carbons (Fsp3) is 0.375. The summed E-state index contributed by atoms with van der Waals surface area (Å²) in [7, 11) is 0. The van der Waals surface area contributed by atoms with Crippen molar-refractivity contribution in [1.82, 2.24) is 4.57 Å². The summed E-state index contributed by atoms with van der Waals surface area (Å²) < 4.78 is 2.17. The Balaban J connectivity index is 1.60. The summed E-state index contributed by atoms with van der Waals surface area (Å²) in [6.45, 7) is 0.974. The summed E-state index contributed by atoms with van der Waals surface area (Å²) >= 11 is 0. The van der Waals surface area contributed by atoms with Crippen molar-refractivity contribution in [2.45, 2.75) is 31.9 Å². The maximum Gasteiger partial charge on any atom is 0.0832 e. The Kier molecular flexibility index (Phi) is 3.20. The molecule has 2 heteroatoms.